The van der Waals surface area contributed by atoms with Gasteiger partial charge >= 0.3 is 0 Å². The van der Waals surface area contributed by atoms with E-state index < -0.39 is 15.7 Å². The normalized spacial score (nSPS) is 26.4. The molecule has 1 saturated carbocycles. The van der Waals surface area contributed by atoms with Crippen molar-refractivity contribution in [2.24, 2.45) is 13.0 Å². The summed E-state index contributed by atoms with van der Waals surface area (Å²) in [5.74, 6) is 0.693. The van der Waals surface area contributed by atoms with Gasteiger partial charge in [0.1, 0.15) is 16.3 Å². The number of aryl methyl sites for hydroxylation is 1. The second-order valence-electron chi connectivity index (χ2n) is 7.02. The molecule has 1 atom stereocenters. The summed E-state index contributed by atoms with van der Waals surface area (Å²) < 4.78 is 14.2. The van der Waals surface area contributed by atoms with Crippen LogP contribution in [0.15, 0.2) is 12.3 Å². The van der Waals surface area contributed by atoms with Crippen LogP contribution in [0.2, 0.25) is 0 Å². The number of amides is 2. The van der Waals surface area contributed by atoms with E-state index in [1.165, 1.54) is 0 Å². The topological polar surface area (TPSA) is 75.5 Å². The smallest absolute Gasteiger partial charge is 0.272 e. The van der Waals surface area contributed by atoms with Gasteiger partial charge in [-0.3, -0.25) is 18.5 Å². The molecule has 24 heavy (non-hydrogen) atoms. The zero-order chi connectivity index (χ0) is 16.9. The molecule has 0 bridgehead atoms. The Balaban J connectivity index is 1.49. The molecule has 2 aliphatic heterocycles. The molecule has 2 saturated heterocycles. The minimum atomic E-state index is -1.17. The van der Waals surface area contributed by atoms with E-state index in [0.29, 0.717) is 37.5 Å². The highest BCUT2D eigenvalue weighted by atomic mass is 32.2. The Hall–Kier alpha value is -1.70. The average molecular weight is 350 g/mol. The van der Waals surface area contributed by atoms with Crippen molar-refractivity contribution < 1.29 is 13.8 Å². The van der Waals surface area contributed by atoms with Crippen LogP contribution in [0.5, 0.6) is 0 Å². The number of hydrogen-bond acceptors (Lipinski definition) is 4. The number of hydrogen-bond donors (Lipinski definition) is 0. The van der Waals surface area contributed by atoms with Crippen molar-refractivity contribution in [1.82, 2.24) is 19.6 Å². The van der Waals surface area contributed by atoms with Crippen molar-refractivity contribution in [1.29, 1.82) is 0 Å². The molecule has 3 aliphatic rings. The minimum absolute atomic E-state index is 0.0200. The first-order chi connectivity index (χ1) is 11.5. The maximum atomic E-state index is 12.7. The molecule has 0 aromatic carbocycles. The van der Waals surface area contributed by atoms with Crippen LogP contribution in [0, 0.1) is 5.92 Å². The molecule has 8 heteroatoms. The van der Waals surface area contributed by atoms with Gasteiger partial charge in [0.05, 0.1) is 10.8 Å². The molecule has 3 heterocycles. The van der Waals surface area contributed by atoms with Crippen molar-refractivity contribution in [2.45, 2.75) is 30.6 Å². The number of likely N-dealkylation sites (tertiary alicyclic amines) is 1. The predicted octanol–water partition coefficient (Wildman–Crippen LogP) is 0.353. The third-order valence-electron chi connectivity index (χ3n) is 5.48. The molecule has 1 aromatic heterocycles. The monoisotopic (exact) mass is 350 g/mol. The number of piperidine rings is 1. The van der Waals surface area contributed by atoms with E-state index in [0.717, 1.165) is 19.4 Å². The molecule has 2 amide bonds. The van der Waals surface area contributed by atoms with Crippen LogP contribution in [-0.4, -0.2) is 65.9 Å². The second kappa shape index (κ2) is 5.68. The molecule has 1 spiro atoms. The van der Waals surface area contributed by atoms with Gasteiger partial charge in [0.25, 0.3) is 5.91 Å². The van der Waals surface area contributed by atoms with Gasteiger partial charge < -0.3 is 9.80 Å². The highest BCUT2D eigenvalue weighted by Crippen LogP contribution is 2.41. The average Bonchev–Trinajstić information content (AvgIpc) is 3.25. The number of aromatic nitrogens is 2. The van der Waals surface area contributed by atoms with E-state index in [1.807, 2.05) is 4.90 Å². The van der Waals surface area contributed by atoms with E-state index in [-0.39, 0.29) is 17.6 Å². The zero-order valence-corrected chi connectivity index (χ0v) is 14.6. The molecular weight excluding hydrogens is 328 g/mol. The van der Waals surface area contributed by atoms with Gasteiger partial charge in [-0.25, -0.2) is 0 Å². The highest BCUT2D eigenvalue weighted by molar-refractivity contribution is 7.87. The van der Waals surface area contributed by atoms with Crippen molar-refractivity contribution >= 4 is 22.6 Å². The Labute approximate surface area is 143 Å². The molecular formula is C16H22N4O3S. The Bertz CT molecular complexity index is 704. The van der Waals surface area contributed by atoms with Gasteiger partial charge in [0, 0.05) is 45.7 Å². The quantitative estimate of drug-likeness (QED) is 0.788. The molecule has 0 radical (unpaired) electrons. The van der Waals surface area contributed by atoms with Crippen LogP contribution in [0.25, 0.3) is 0 Å². The molecule has 1 aliphatic carbocycles. The van der Waals surface area contributed by atoms with Gasteiger partial charge in [-0.15, -0.1) is 0 Å². The number of carbonyl (C=O) groups is 2. The lowest BCUT2D eigenvalue weighted by Gasteiger charge is -2.43. The van der Waals surface area contributed by atoms with Gasteiger partial charge in [-0.05, 0) is 24.8 Å². The number of carbonyl (C=O) groups excluding carboxylic acids is 2. The maximum Gasteiger partial charge on any atom is 0.272 e. The highest BCUT2D eigenvalue weighted by Gasteiger charge is 2.54. The first-order valence-corrected chi connectivity index (χ1v) is 9.79. The lowest BCUT2D eigenvalue weighted by molar-refractivity contribution is -0.131. The van der Waals surface area contributed by atoms with Crippen LogP contribution in [0.4, 0.5) is 0 Å². The number of nitrogens with zero attached hydrogens (tertiary/aromatic N) is 4. The molecule has 4 rings (SSSR count). The van der Waals surface area contributed by atoms with E-state index in [1.54, 1.807) is 28.9 Å². The first kappa shape index (κ1) is 15.8. The van der Waals surface area contributed by atoms with Gasteiger partial charge in [-0.2, -0.15) is 5.10 Å². The van der Waals surface area contributed by atoms with Crippen LogP contribution >= 0.6 is 0 Å². The molecule has 3 fully saturated rings. The van der Waals surface area contributed by atoms with E-state index >= 15 is 0 Å². The summed E-state index contributed by atoms with van der Waals surface area (Å²) in [7, 11) is 0.586. The number of rotatable bonds is 3. The van der Waals surface area contributed by atoms with Crippen molar-refractivity contribution in [3.63, 3.8) is 0 Å². The molecule has 1 aromatic rings. The summed E-state index contributed by atoms with van der Waals surface area (Å²) in [6, 6.07) is 1.71. The predicted molar refractivity (Wildman–Crippen MR) is 88.5 cm³/mol. The Morgan fingerprint density at radius 1 is 1.38 bits per heavy atom. The summed E-state index contributed by atoms with van der Waals surface area (Å²) in [6.45, 7) is 1.80. The van der Waals surface area contributed by atoms with Gasteiger partial charge in [-0.1, -0.05) is 0 Å². The lowest BCUT2D eigenvalue weighted by atomic mass is 10.0. The Morgan fingerprint density at radius 2 is 2.08 bits per heavy atom. The molecule has 130 valence electrons. The van der Waals surface area contributed by atoms with Crippen LogP contribution in [-0.2, 0) is 22.6 Å². The van der Waals surface area contributed by atoms with E-state index in [9.17, 15) is 13.8 Å². The Morgan fingerprint density at radius 3 is 2.67 bits per heavy atom. The van der Waals surface area contributed by atoms with Crippen molar-refractivity contribution in [3.05, 3.63) is 18.0 Å². The fourth-order valence-electron chi connectivity index (χ4n) is 3.80. The summed E-state index contributed by atoms with van der Waals surface area (Å²) in [5.41, 5.74) is 0.560. The largest absolute Gasteiger partial charge is 0.337 e. The molecule has 1 unspecified atom stereocenters. The fourth-order valence-corrected chi connectivity index (χ4v) is 5.51. The summed E-state index contributed by atoms with van der Waals surface area (Å²) in [4.78, 5) is 28.0. The van der Waals surface area contributed by atoms with Crippen molar-refractivity contribution in [3.8, 4) is 0 Å². The van der Waals surface area contributed by atoms with Gasteiger partial charge in [0.15, 0.2) is 0 Å². The first-order valence-electron chi connectivity index (χ1n) is 8.47. The zero-order valence-electron chi connectivity index (χ0n) is 13.8. The fraction of sp³-hybridized carbons (Fsp3) is 0.688. The maximum absolute atomic E-state index is 12.7. The summed E-state index contributed by atoms with van der Waals surface area (Å²) in [5, 5.41) is 4.04. The lowest BCUT2D eigenvalue weighted by Crippen LogP contribution is -2.56. The Kier molecular flexibility index (Phi) is 3.74. The van der Waals surface area contributed by atoms with Crippen LogP contribution in [0.1, 0.15) is 36.2 Å². The van der Waals surface area contributed by atoms with Gasteiger partial charge in [0.2, 0.25) is 5.91 Å². The molecule has 7 nitrogen and oxygen atoms in total. The third kappa shape index (κ3) is 2.47. The van der Waals surface area contributed by atoms with Crippen LogP contribution in [0.3, 0.4) is 0 Å². The second-order valence-corrected chi connectivity index (χ2v) is 8.76. The molecule has 0 N–H and O–H groups in total. The van der Waals surface area contributed by atoms with E-state index in [4.69, 9.17) is 0 Å². The van der Waals surface area contributed by atoms with Crippen LogP contribution < -0.4 is 0 Å². The minimum Gasteiger partial charge on any atom is -0.337 e. The van der Waals surface area contributed by atoms with E-state index in [2.05, 4.69) is 5.10 Å². The third-order valence-corrected chi connectivity index (χ3v) is 7.47. The SMILES string of the molecule is Cn1nccc1C(=O)N1CCC2(CC1)N(CC1CC1)C(=O)CS2=O. The standard InChI is InChI=1S/C16H22N4O3S/c1-18-13(4-7-17-18)15(22)19-8-5-16(6-9-19)20(10-12-2-3-12)14(21)11-24(16)23/h4,7,12H,2-3,5-6,8-11H2,1H3. The summed E-state index contributed by atoms with van der Waals surface area (Å²) in [6.07, 6.45) is 5.14. The summed E-state index contributed by atoms with van der Waals surface area (Å²) >= 11 is 0. The van der Waals surface area contributed by atoms with Crippen molar-refractivity contribution in [2.75, 3.05) is 25.4 Å².